The van der Waals surface area contributed by atoms with E-state index in [-0.39, 0.29) is 78.4 Å². The maximum Gasteiger partial charge on any atom is 0.407 e. The maximum atomic E-state index is 13.5. The largest absolute Gasteiger partial charge is 0.507 e. The summed E-state index contributed by atoms with van der Waals surface area (Å²) in [7, 11) is 0. The molecule has 15 heteroatoms. The Hall–Kier alpha value is -3.79. The van der Waals surface area contributed by atoms with Crippen LogP contribution in [0.5, 0.6) is 11.5 Å². The second kappa shape index (κ2) is 14.5. The molecule has 1 fully saturated rings. The van der Waals surface area contributed by atoms with Crippen LogP contribution in [-0.4, -0.2) is 93.8 Å². The number of nitrogens with two attached hydrogens (primary N) is 1. The fourth-order valence-corrected chi connectivity index (χ4v) is 6.22. The Kier molecular flexibility index (Phi) is 11.2. The van der Waals surface area contributed by atoms with Gasteiger partial charge in [0.1, 0.15) is 23.7 Å². The molecule has 2 aromatic rings. The van der Waals surface area contributed by atoms with E-state index in [1.807, 2.05) is 6.92 Å². The first-order chi connectivity index (χ1) is 21.8. The number of carbonyl (C=O) groups is 4. The lowest BCUT2D eigenvalue weighted by Gasteiger charge is -2.42. The van der Waals surface area contributed by atoms with E-state index in [1.165, 1.54) is 12.1 Å². The number of rotatable bonds is 9. The van der Waals surface area contributed by atoms with E-state index in [9.17, 15) is 39.6 Å². The summed E-state index contributed by atoms with van der Waals surface area (Å²) in [6.07, 6.45) is -4.68. The van der Waals surface area contributed by atoms with Gasteiger partial charge in [-0.1, -0.05) is 31.2 Å². The highest BCUT2D eigenvalue weighted by molar-refractivity contribution is 6.30. The van der Waals surface area contributed by atoms with Gasteiger partial charge in [-0.25, -0.2) is 4.79 Å². The van der Waals surface area contributed by atoms with Crippen molar-refractivity contribution in [2.75, 3.05) is 19.7 Å². The normalized spacial score (nSPS) is 26.3. The summed E-state index contributed by atoms with van der Waals surface area (Å²) in [5, 5.41) is 50.2. The molecule has 3 aliphatic rings. The van der Waals surface area contributed by atoms with Crippen molar-refractivity contribution in [3.8, 4) is 11.5 Å². The van der Waals surface area contributed by atoms with Gasteiger partial charge in [0.2, 0.25) is 5.91 Å². The molecule has 8 N–H and O–H groups in total. The van der Waals surface area contributed by atoms with Crippen LogP contribution >= 0.6 is 12.4 Å². The zero-order chi connectivity index (χ0) is 33.3. The highest BCUT2D eigenvalue weighted by atomic mass is 35.5. The summed E-state index contributed by atoms with van der Waals surface area (Å²) in [6.45, 7) is 3.42. The van der Waals surface area contributed by atoms with Crippen LogP contribution in [0.1, 0.15) is 88.6 Å². The van der Waals surface area contributed by atoms with E-state index < -0.39 is 77.6 Å². The van der Waals surface area contributed by atoms with Gasteiger partial charge in [0.05, 0.1) is 29.4 Å². The minimum atomic E-state index is -1.88. The van der Waals surface area contributed by atoms with E-state index in [0.717, 1.165) is 6.42 Å². The molecule has 2 aliphatic carbocycles. The molecule has 2 aromatic carbocycles. The molecule has 14 nitrogen and oxygen atoms in total. The monoisotopic (exact) mass is 677 g/mol. The van der Waals surface area contributed by atoms with Crippen LogP contribution in [0.25, 0.3) is 0 Å². The molecule has 1 saturated heterocycles. The van der Waals surface area contributed by atoms with Crippen molar-refractivity contribution in [1.29, 1.82) is 0 Å². The Morgan fingerprint density at radius 1 is 1.06 bits per heavy atom. The highest BCUT2D eigenvalue weighted by Gasteiger charge is 2.48. The van der Waals surface area contributed by atoms with Gasteiger partial charge >= 0.3 is 6.09 Å². The third-order valence-electron chi connectivity index (χ3n) is 8.59. The second-order valence-corrected chi connectivity index (χ2v) is 12.0. The van der Waals surface area contributed by atoms with E-state index in [4.69, 9.17) is 19.9 Å². The number of benzene rings is 2. The molecule has 256 valence electrons. The van der Waals surface area contributed by atoms with Crippen molar-refractivity contribution in [2.45, 2.75) is 82.2 Å². The van der Waals surface area contributed by atoms with E-state index in [2.05, 4.69) is 10.6 Å². The number of hydrogen-bond acceptors (Lipinski definition) is 12. The summed E-state index contributed by atoms with van der Waals surface area (Å²) in [6, 6.07) is 5.32. The number of phenols is 2. The molecule has 5 rings (SSSR count). The van der Waals surface area contributed by atoms with Crippen LogP contribution in [0.2, 0.25) is 0 Å². The molecule has 1 heterocycles. The molecule has 0 saturated carbocycles. The molecule has 0 radical (unpaired) electrons. The van der Waals surface area contributed by atoms with E-state index >= 15 is 0 Å². The average Bonchev–Trinajstić information content (AvgIpc) is 3.02. The van der Waals surface area contributed by atoms with Crippen molar-refractivity contribution < 1.29 is 53.8 Å². The smallest absolute Gasteiger partial charge is 0.407 e. The number of hydrogen-bond donors (Lipinski definition) is 7. The van der Waals surface area contributed by atoms with Gasteiger partial charge in [-0.05, 0) is 13.3 Å². The number of aromatic hydroxyl groups is 2. The number of ether oxygens (including phenoxy) is 3. The number of fused-ring (bicyclic) bond motifs is 3. The van der Waals surface area contributed by atoms with Crippen LogP contribution in [0.4, 0.5) is 4.79 Å². The number of nitrogens with one attached hydrogen (secondary N) is 2. The Balaban J connectivity index is 0.00000500. The fraction of sp³-hybridized carbons (Fsp3) is 0.500. The molecular weight excluding hydrogens is 638 g/mol. The molecule has 6 atom stereocenters. The van der Waals surface area contributed by atoms with Crippen LogP contribution in [0.3, 0.4) is 0 Å². The molecule has 0 unspecified atom stereocenters. The summed E-state index contributed by atoms with van der Waals surface area (Å²) in [5.74, 6) is -2.80. The van der Waals surface area contributed by atoms with E-state index in [1.54, 1.807) is 19.1 Å². The second-order valence-electron chi connectivity index (χ2n) is 12.0. The molecule has 0 spiro atoms. The Morgan fingerprint density at radius 2 is 1.70 bits per heavy atom. The topological polar surface area (TPSA) is 227 Å². The average molecular weight is 678 g/mol. The zero-order valence-electron chi connectivity index (χ0n) is 26.0. The first kappa shape index (κ1) is 36.1. The molecule has 47 heavy (non-hydrogen) atoms. The summed E-state index contributed by atoms with van der Waals surface area (Å²) < 4.78 is 17.3. The van der Waals surface area contributed by atoms with E-state index in [0.29, 0.717) is 6.54 Å². The number of amides is 2. The molecule has 1 aliphatic heterocycles. The van der Waals surface area contributed by atoms with Gasteiger partial charge in [-0.15, -0.1) is 12.4 Å². The quantitative estimate of drug-likeness (QED) is 0.160. The lowest BCUT2D eigenvalue weighted by atomic mass is 9.73. The van der Waals surface area contributed by atoms with Gasteiger partial charge in [-0.2, -0.15) is 0 Å². The predicted molar refractivity (Wildman–Crippen MR) is 168 cm³/mol. The molecule has 2 amide bonds. The highest BCUT2D eigenvalue weighted by Crippen LogP contribution is 2.51. The summed E-state index contributed by atoms with van der Waals surface area (Å²) in [4.78, 5) is 51.3. The fourth-order valence-electron chi connectivity index (χ4n) is 6.22. The van der Waals surface area contributed by atoms with Crippen molar-refractivity contribution in [3.05, 3.63) is 57.6 Å². The Morgan fingerprint density at radius 3 is 2.32 bits per heavy atom. The molecule has 0 bridgehead atoms. The van der Waals surface area contributed by atoms with Gasteiger partial charge in [0.15, 0.2) is 17.9 Å². The maximum absolute atomic E-state index is 13.5. The minimum absolute atomic E-state index is 0. The zero-order valence-corrected chi connectivity index (χ0v) is 26.8. The summed E-state index contributed by atoms with van der Waals surface area (Å²) in [5.41, 5.74) is 3.42. The number of alkyl carbamates (subject to hydrolysis) is 1. The van der Waals surface area contributed by atoms with Crippen molar-refractivity contribution >= 4 is 36.0 Å². The first-order valence-electron chi connectivity index (χ1n) is 15.3. The van der Waals surface area contributed by atoms with Gasteiger partial charge in [0.25, 0.3) is 0 Å². The lowest BCUT2D eigenvalue weighted by Crippen LogP contribution is -2.52. The predicted octanol–water partition coefficient (Wildman–Crippen LogP) is 1.50. The molecular formula is C32H40ClN3O11. The number of aliphatic hydroxyl groups is 2. The Bertz CT molecular complexity index is 1540. The van der Waals surface area contributed by atoms with Crippen LogP contribution < -0.4 is 16.4 Å². The number of aliphatic hydroxyl groups excluding tert-OH is 1. The van der Waals surface area contributed by atoms with Crippen molar-refractivity contribution in [1.82, 2.24) is 10.6 Å². The number of ketones is 2. The lowest BCUT2D eigenvalue weighted by molar-refractivity contribution is -0.248. The van der Waals surface area contributed by atoms with Crippen LogP contribution in [0.15, 0.2) is 24.3 Å². The number of carbonyl (C=O) groups excluding carboxylic acids is 4. The third-order valence-corrected chi connectivity index (χ3v) is 8.59. The molecule has 0 aromatic heterocycles. The standard InChI is InChI=1S/C32H39N3O11.ClH/c1-3-9-34-21(36)8-10-35-31(42)44-14-32(43)12-18-23(20(13-32)46-22-11-19(33)26(37)15(2)45-22)30(41)25-24(29(18)40)27(38)16-6-4-5-7-17(16)28(25)39;/h4-7,15,19-20,22,26,37,40-41,43H,3,8-14,33H2,1-2H3,(H,34,36)(H,35,42);1H/t15-,19-,20-,22-,26-,32-;/m0./s1. The minimum Gasteiger partial charge on any atom is -0.507 e. The SMILES string of the molecule is CCCNC(=O)CCNC(=O)OC[C@]1(O)Cc2c(O)c3c(c(O)c2[C@@H](O[C@H]2C[C@H](N)[C@@H](O)[C@H](C)O2)C1)C(=O)c1ccccc1C3=O.Cl. The van der Waals surface area contributed by atoms with Crippen LogP contribution in [0, 0.1) is 0 Å². The Labute approximate surface area is 277 Å². The number of halogens is 1. The van der Waals surface area contributed by atoms with Crippen LogP contribution in [-0.2, 0) is 25.4 Å². The first-order valence-corrected chi connectivity index (χ1v) is 15.3. The van der Waals surface area contributed by atoms with Gasteiger partial charge in [-0.3, -0.25) is 14.4 Å². The third kappa shape index (κ3) is 7.22. The number of phenolic OH excluding ortho intramolecular Hbond substituents is 2. The van der Waals surface area contributed by atoms with Gasteiger partial charge < -0.3 is 51.0 Å². The summed E-state index contributed by atoms with van der Waals surface area (Å²) >= 11 is 0. The van der Waals surface area contributed by atoms with Gasteiger partial charge in [0, 0.05) is 67.1 Å². The van der Waals surface area contributed by atoms with Crippen molar-refractivity contribution in [2.24, 2.45) is 5.73 Å². The van der Waals surface area contributed by atoms with Crippen molar-refractivity contribution in [3.63, 3.8) is 0 Å².